The van der Waals surface area contributed by atoms with Crippen LogP contribution >= 0.6 is 0 Å². The summed E-state index contributed by atoms with van der Waals surface area (Å²) in [5.41, 5.74) is 0.215. The zero-order valence-electron chi connectivity index (χ0n) is 14.7. The minimum atomic E-state index is -1.65. The minimum absolute atomic E-state index is 0.0553. The van der Waals surface area contributed by atoms with Crippen molar-refractivity contribution in [3.63, 3.8) is 0 Å². The maximum absolute atomic E-state index is 13.7. The van der Waals surface area contributed by atoms with Crippen molar-refractivity contribution in [2.24, 2.45) is 0 Å². The highest BCUT2D eigenvalue weighted by atomic mass is 19.3. The number of halogens is 8. The van der Waals surface area contributed by atoms with Crippen molar-refractivity contribution < 1.29 is 40.2 Å². The van der Waals surface area contributed by atoms with Crippen LogP contribution in [0.2, 0.25) is 0 Å². The van der Waals surface area contributed by atoms with Gasteiger partial charge >= 0.3 is 0 Å². The maximum Gasteiger partial charge on any atom is 0.194 e. The largest absolute Gasteiger partial charge is 0.294 e. The van der Waals surface area contributed by atoms with Gasteiger partial charge in [0, 0.05) is 22.2 Å². The second kappa shape index (κ2) is 9.40. The van der Waals surface area contributed by atoms with Gasteiger partial charge in [-0.3, -0.25) is 4.94 Å². The molecule has 0 atom stereocenters. The standard InChI is InChI=1S/C14H10F4.C6H2F4O/c1-8-2-3-10(12(16)4-8)9-5-13(17)11(7-15)14(18)6-9;7-4-1-3(11-10)2-5(8)6(4)9/h2-6H,7H2,1H3;1-2H. The van der Waals surface area contributed by atoms with Crippen molar-refractivity contribution in [2.45, 2.75) is 13.6 Å². The summed E-state index contributed by atoms with van der Waals surface area (Å²) in [4.78, 5) is 2.98. The van der Waals surface area contributed by atoms with E-state index in [1.165, 1.54) is 12.1 Å². The molecule has 9 heteroatoms. The molecule has 0 unspecified atom stereocenters. The van der Waals surface area contributed by atoms with Gasteiger partial charge in [-0.2, -0.15) is 0 Å². The first-order chi connectivity index (χ1) is 13.7. The molecule has 0 saturated heterocycles. The highest BCUT2D eigenvalue weighted by Gasteiger charge is 2.14. The van der Waals surface area contributed by atoms with Crippen LogP contribution in [0.4, 0.5) is 35.3 Å². The topological polar surface area (TPSA) is 9.23 Å². The molecule has 0 N–H and O–H groups in total. The highest BCUT2D eigenvalue weighted by molar-refractivity contribution is 5.65. The van der Waals surface area contributed by atoms with Gasteiger partial charge in [0.05, 0.1) is 5.56 Å². The molecule has 0 aliphatic carbocycles. The smallest absolute Gasteiger partial charge is 0.194 e. The summed E-state index contributed by atoms with van der Waals surface area (Å²) in [6, 6.07) is 7.02. The van der Waals surface area contributed by atoms with E-state index in [1.54, 1.807) is 13.0 Å². The van der Waals surface area contributed by atoms with Gasteiger partial charge in [-0.1, -0.05) is 12.1 Å². The third-order valence-corrected chi connectivity index (χ3v) is 3.76. The molecule has 29 heavy (non-hydrogen) atoms. The van der Waals surface area contributed by atoms with Gasteiger partial charge in [0.2, 0.25) is 0 Å². The lowest BCUT2D eigenvalue weighted by molar-refractivity contribution is -0.00711. The van der Waals surface area contributed by atoms with E-state index in [9.17, 15) is 35.3 Å². The van der Waals surface area contributed by atoms with E-state index >= 15 is 0 Å². The first-order valence-corrected chi connectivity index (χ1v) is 7.91. The molecule has 0 spiro atoms. The van der Waals surface area contributed by atoms with Crippen molar-refractivity contribution >= 4 is 0 Å². The van der Waals surface area contributed by atoms with Gasteiger partial charge in [0.1, 0.15) is 24.1 Å². The Morgan fingerprint density at radius 2 is 1.28 bits per heavy atom. The number of benzene rings is 3. The fourth-order valence-electron chi connectivity index (χ4n) is 2.32. The van der Waals surface area contributed by atoms with Crippen molar-refractivity contribution in [2.75, 3.05) is 0 Å². The van der Waals surface area contributed by atoms with Gasteiger partial charge in [-0.25, -0.2) is 30.7 Å². The van der Waals surface area contributed by atoms with E-state index in [4.69, 9.17) is 0 Å². The van der Waals surface area contributed by atoms with Crippen LogP contribution < -0.4 is 4.94 Å². The lowest BCUT2D eigenvalue weighted by atomic mass is 10.0. The summed E-state index contributed by atoms with van der Waals surface area (Å²) < 4.78 is 101. The Labute approximate surface area is 160 Å². The maximum atomic E-state index is 13.7. The van der Waals surface area contributed by atoms with Gasteiger partial charge in [-0.15, -0.1) is 0 Å². The molecule has 0 saturated carbocycles. The Morgan fingerprint density at radius 3 is 1.72 bits per heavy atom. The summed E-state index contributed by atoms with van der Waals surface area (Å²) >= 11 is 0. The second-order valence-corrected chi connectivity index (χ2v) is 5.81. The second-order valence-electron chi connectivity index (χ2n) is 5.81. The Morgan fingerprint density at radius 1 is 0.724 bits per heavy atom. The van der Waals surface area contributed by atoms with E-state index in [2.05, 4.69) is 4.94 Å². The highest BCUT2D eigenvalue weighted by Crippen LogP contribution is 2.27. The number of hydrogen-bond acceptors (Lipinski definition) is 1. The summed E-state index contributed by atoms with van der Waals surface area (Å²) in [7, 11) is 0. The zero-order chi connectivity index (χ0) is 21.7. The quantitative estimate of drug-likeness (QED) is 0.330. The lowest BCUT2D eigenvalue weighted by Crippen LogP contribution is -1.95. The number of aryl methyl sites for hydroxylation is 1. The van der Waals surface area contributed by atoms with Crippen LogP contribution in [-0.4, -0.2) is 0 Å². The summed E-state index contributed by atoms with van der Waals surface area (Å²) in [6.45, 7) is 0.481. The van der Waals surface area contributed by atoms with Gasteiger partial charge < -0.3 is 0 Å². The summed E-state index contributed by atoms with van der Waals surface area (Å²) in [6.07, 6.45) is 0. The monoisotopic (exact) mass is 420 g/mol. The van der Waals surface area contributed by atoms with Crippen LogP contribution in [0.25, 0.3) is 11.1 Å². The molecular formula is C20H12F8O. The van der Waals surface area contributed by atoms with E-state index in [-0.39, 0.29) is 11.1 Å². The minimum Gasteiger partial charge on any atom is -0.294 e. The molecule has 0 aromatic heterocycles. The Bertz CT molecular complexity index is 973. The molecule has 0 amide bonds. The Kier molecular flexibility index (Phi) is 7.19. The zero-order valence-corrected chi connectivity index (χ0v) is 14.7. The SMILES string of the molecule is Cc1ccc(-c2cc(F)c(CF)c(F)c2)c(F)c1.FOc1cc(F)c(F)c(F)c1. The summed E-state index contributed by atoms with van der Waals surface area (Å²) in [5.74, 6) is -7.91. The third-order valence-electron chi connectivity index (χ3n) is 3.76. The van der Waals surface area contributed by atoms with Crippen LogP contribution in [-0.2, 0) is 6.67 Å². The normalized spacial score (nSPS) is 10.4. The first kappa shape index (κ1) is 22.2. The van der Waals surface area contributed by atoms with Crippen molar-refractivity contribution in [3.8, 4) is 16.9 Å². The molecule has 3 aromatic rings. The van der Waals surface area contributed by atoms with Gasteiger partial charge in [-0.05, 0) is 36.2 Å². The number of hydrogen-bond donors (Lipinski definition) is 0. The van der Waals surface area contributed by atoms with Crippen LogP contribution in [0.3, 0.4) is 0 Å². The molecule has 0 radical (unpaired) electrons. The van der Waals surface area contributed by atoms with E-state index in [0.717, 1.165) is 12.1 Å². The molecule has 3 aromatic carbocycles. The predicted molar refractivity (Wildman–Crippen MR) is 89.4 cm³/mol. The first-order valence-electron chi connectivity index (χ1n) is 7.91. The van der Waals surface area contributed by atoms with Crippen LogP contribution in [0.5, 0.6) is 5.75 Å². The van der Waals surface area contributed by atoms with Gasteiger partial charge in [0.15, 0.2) is 23.2 Å². The molecule has 0 aliphatic rings. The molecule has 154 valence electrons. The van der Waals surface area contributed by atoms with Crippen LogP contribution in [0, 0.1) is 41.8 Å². The molecule has 3 rings (SSSR count). The fourth-order valence-corrected chi connectivity index (χ4v) is 2.32. The fraction of sp³-hybridized carbons (Fsp3) is 0.100. The number of rotatable bonds is 3. The molecule has 0 aliphatic heterocycles. The Balaban J connectivity index is 0.000000234. The lowest BCUT2D eigenvalue weighted by Gasteiger charge is -2.07. The molecule has 1 nitrogen and oxygen atoms in total. The molecule has 0 bridgehead atoms. The van der Waals surface area contributed by atoms with Crippen molar-refractivity contribution in [3.05, 3.63) is 88.5 Å². The average Bonchev–Trinajstić information content (AvgIpc) is 2.66. The average molecular weight is 420 g/mol. The number of alkyl halides is 1. The van der Waals surface area contributed by atoms with Crippen LogP contribution in [0.15, 0.2) is 42.5 Å². The summed E-state index contributed by atoms with van der Waals surface area (Å²) in [5, 5.41) is 0. The molecular weight excluding hydrogens is 408 g/mol. The molecule has 0 heterocycles. The van der Waals surface area contributed by atoms with Gasteiger partial charge in [0.25, 0.3) is 0 Å². The van der Waals surface area contributed by atoms with E-state index in [0.29, 0.717) is 17.7 Å². The predicted octanol–water partition coefficient (Wildman–Crippen LogP) is 6.92. The van der Waals surface area contributed by atoms with Crippen LogP contribution in [0.1, 0.15) is 11.1 Å². The van der Waals surface area contributed by atoms with Crippen molar-refractivity contribution in [1.29, 1.82) is 0 Å². The van der Waals surface area contributed by atoms with Crippen molar-refractivity contribution in [1.82, 2.24) is 0 Å². The van der Waals surface area contributed by atoms with E-state index < -0.39 is 52.9 Å². The third kappa shape index (κ3) is 5.24. The molecule has 0 fully saturated rings. The Hall–Kier alpha value is -3.10. The van der Waals surface area contributed by atoms with E-state index in [1.807, 2.05) is 0 Å².